The van der Waals surface area contributed by atoms with Gasteiger partial charge in [-0.3, -0.25) is 19.2 Å². The third kappa shape index (κ3) is 4.66. The minimum Gasteiger partial charge on any atom is -0.298 e. The summed E-state index contributed by atoms with van der Waals surface area (Å²) in [6, 6.07) is 19.5. The van der Waals surface area contributed by atoms with E-state index in [0.717, 1.165) is 41.5 Å². The van der Waals surface area contributed by atoms with Gasteiger partial charge in [0.2, 0.25) is 5.95 Å². The van der Waals surface area contributed by atoms with Gasteiger partial charge in [0.25, 0.3) is 5.56 Å². The van der Waals surface area contributed by atoms with Crippen LogP contribution >= 0.6 is 0 Å². The first-order chi connectivity index (χ1) is 17.0. The molecule has 0 N–H and O–H groups in total. The lowest BCUT2D eigenvalue weighted by Crippen LogP contribution is -2.54. The van der Waals surface area contributed by atoms with Crippen LogP contribution in [0.5, 0.6) is 0 Å². The van der Waals surface area contributed by atoms with Crippen LogP contribution in [0.15, 0.2) is 59.4 Å². The summed E-state index contributed by atoms with van der Waals surface area (Å²) in [4.78, 5) is 23.8. The third-order valence-electron chi connectivity index (χ3n) is 8.35. The van der Waals surface area contributed by atoms with Crippen molar-refractivity contribution >= 4 is 11.6 Å². The molecule has 1 saturated carbocycles. The molecule has 1 aliphatic carbocycles. The highest BCUT2D eigenvalue weighted by molar-refractivity contribution is 5.59. The van der Waals surface area contributed by atoms with Gasteiger partial charge in [-0.1, -0.05) is 76.1 Å². The van der Waals surface area contributed by atoms with E-state index in [9.17, 15) is 4.79 Å². The highest BCUT2D eigenvalue weighted by atomic mass is 16.1. The van der Waals surface area contributed by atoms with Gasteiger partial charge >= 0.3 is 0 Å². The molecule has 0 saturated heterocycles. The fourth-order valence-corrected chi connectivity index (χ4v) is 5.88. The lowest BCUT2D eigenvalue weighted by molar-refractivity contribution is 0.0491. The van der Waals surface area contributed by atoms with Crippen molar-refractivity contribution in [2.45, 2.75) is 72.5 Å². The molecule has 3 atom stereocenters. The topological polar surface area (TPSA) is 41.4 Å². The zero-order chi connectivity index (χ0) is 24.5. The number of hydrogen-bond acceptors (Lipinski definition) is 4. The lowest BCUT2D eigenvalue weighted by Gasteiger charge is -2.46. The molecular formula is C30H38N4O. The molecule has 2 heterocycles. The van der Waals surface area contributed by atoms with E-state index in [4.69, 9.17) is 4.98 Å². The van der Waals surface area contributed by atoms with Crippen LogP contribution in [0, 0.1) is 18.8 Å². The van der Waals surface area contributed by atoms with Crippen LogP contribution in [0.1, 0.15) is 62.4 Å². The molecule has 35 heavy (non-hydrogen) atoms. The Morgan fingerprint density at radius 2 is 1.69 bits per heavy atom. The van der Waals surface area contributed by atoms with Gasteiger partial charge in [-0.15, -0.1) is 0 Å². The van der Waals surface area contributed by atoms with Crippen molar-refractivity contribution < 1.29 is 0 Å². The first-order valence-electron chi connectivity index (χ1n) is 13.2. The maximum Gasteiger partial charge on any atom is 0.259 e. The van der Waals surface area contributed by atoms with Gasteiger partial charge < -0.3 is 0 Å². The molecule has 1 aliphatic heterocycles. The van der Waals surface area contributed by atoms with E-state index in [1.807, 2.05) is 29.7 Å². The van der Waals surface area contributed by atoms with E-state index in [-0.39, 0.29) is 5.56 Å². The smallest absolute Gasteiger partial charge is 0.259 e. The summed E-state index contributed by atoms with van der Waals surface area (Å²) in [5.74, 6) is 2.07. The van der Waals surface area contributed by atoms with Crippen molar-refractivity contribution in [1.82, 2.24) is 14.5 Å². The van der Waals surface area contributed by atoms with Crippen LogP contribution in [0.3, 0.4) is 0 Å². The lowest BCUT2D eigenvalue weighted by atomic mass is 9.77. The Morgan fingerprint density at radius 3 is 2.40 bits per heavy atom. The number of nitrogens with zero attached hydrogens (tertiary/aromatic N) is 4. The van der Waals surface area contributed by atoms with Gasteiger partial charge in [-0.2, -0.15) is 0 Å². The molecule has 2 aromatic carbocycles. The molecule has 3 unspecified atom stereocenters. The molecule has 0 radical (unpaired) electrons. The predicted octanol–water partition coefficient (Wildman–Crippen LogP) is 5.90. The Bertz CT molecular complexity index is 1220. The molecule has 5 rings (SSSR count). The Balaban J connectivity index is 1.58. The predicted molar refractivity (Wildman–Crippen MR) is 143 cm³/mol. The largest absolute Gasteiger partial charge is 0.298 e. The normalized spacial score (nSPS) is 22.7. The Labute approximate surface area is 209 Å². The van der Waals surface area contributed by atoms with Crippen molar-refractivity contribution in [3.63, 3.8) is 0 Å². The van der Waals surface area contributed by atoms with Gasteiger partial charge in [0.1, 0.15) is 0 Å². The summed E-state index contributed by atoms with van der Waals surface area (Å²) < 4.78 is 1.93. The first kappa shape index (κ1) is 23.8. The van der Waals surface area contributed by atoms with Crippen molar-refractivity contribution in [3.05, 3.63) is 87.3 Å². The van der Waals surface area contributed by atoms with Crippen molar-refractivity contribution in [3.8, 4) is 0 Å². The number of fused-ring (bicyclic) bond motifs is 1. The zero-order valence-electron chi connectivity index (χ0n) is 21.6. The average molecular weight is 471 g/mol. The minimum atomic E-state index is 0.0905. The number of rotatable bonds is 5. The van der Waals surface area contributed by atoms with Gasteiger partial charge in [-0.25, -0.2) is 4.98 Å². The maximum absolute atomic E-state index is 14.0. The third-order valence-corrected chi connectivity index (χ3v) is 8.35. The molecule has 0 amide bonds. The van der Waals surface area contributed by atoms with Gasteiger partial charge in [0, 0.05) is 23.7 Å². The SMILES string of the molecule is CCc1ccc(N2CN(C3CCCC(C)C3C)Cn3c2nc(C)c(Cc2ccccc2)c3=O)cc1. The van der Waals surface area contributed by atoms with E-state index in [1.54, 1.807) is 0 Å². The maximum atomic E-state index is 14.0. The van der Waals surface area contributed by atoms with E-state index in [2.05, 4.69) is 67.0 Å². The summed E-state index contributed by atoms with van der Waals surface area (Å²) in [5.41, 5.74) is 5.27. The summed E-state index contributed by atoms with van der Waals surface area (Å²) in [7, 11) is 0. The molecule has 2 aliphatic rings. The molecule has 5 nitrogen and oxygen atoms in total. The highest BCUT2D eigenvalue weighted by Crippen LogP contribution is 2.36. The second kappa shape index (κ2) is 9.98. The number of benzene rings is 2. The fraction of sp³-hybridized carbons (Fsp3) is 0.467. The van der Waals surface area contributed by atoms with Crippen LogP contribution in [-0.4, -0.2) is 27.2 Å². The van der Waals surface area contributed by atoms with Gasteiger partial charge in [0.05, 0.1) is 19.0 Å². The average Bonchev–Trinajstić information content (AvgIpc) is 2.88. The Kier molecular flexibility index (Phi) is 6.79. The monoisotopic (exact) mass is 470 g/mol. The van der Waals surface area contributed by atoms with Crippen LogP contribution in [0.25, 0.3) is 0 Å². The molecular weight excluding hydrogens is 432 g/mol. The molecule has 1 fully saturated rings. The first-order valence-corrected chi connectivity index (χ1v) is 13.2. The Morgan fingerprint density at radius 1 is 0.943 bits per heavy atom. The summed E-state index contributed by atoms with van der Waals surface area (Å²) in [5, 5.41) is 0. The number of hydrogen-bond donors (Lipinski definition) is 0. The standard InChI is InChI=1S/C30H38N4O/c1-5-24-14-16-26(17-15-24)33-19-32(28-13-9-10-21(2)22(28)3)20-34-29(35)27(23(4)31-30(33)34)18-25-11-7-6-8-12-25/h6-8,11-12,14-17,21-22,28H,5,9-10,13,18-20H2,1-4H3. The summed E-state index contributed by atoms with van der Waals surface area (Å²) >= 11 is 0. The van der Waals surface area contributed by atoms with Crippen molar-refractivity contribution in [1.29, 1.82) is 0 Å². The molecule has 184 valence electrons. The number of aromatic nitrogens is 2. The van der Waals surface area contributed by atoms with Crippen molar-refractivity contribution in [2.24, 2.45) is 11.8 Å². The minimum absolute atomic E-state index is 0.0905. The quantitative estimate of drug-likeness (QED) is 0.466. The van der Waals surface area contributed by atoms with Crippen LogP contribution in [0.4, 0.5) is 11.6 Å². The second-order valence-corrected chi connectivity index (χ2v) is 10.5. The van der Waals surface area contributed by atoms with Crippen LogP contribution < -0.4 is 10.5 Å². The highest BCUT2D eigenvalue weighted by Gasteiger charge is 2.36. The van der Waals surface area contributed by atoms with Crippen LogP contribution in [-0.2, 0) is 19.5 Å². The van der Waals surface area contributed by atoms with E-state index < -0.39 is 0 Å². The zero-order valence-corrected chi connectivity index (χ0v) is 21.6. The van der Waals surface area contributed by atoms with Crippen molar-refractivity contribution in [2.75, 3.05) is 11.6 Å². The number of aryl methyl sites for hydroxylation is 2. The molecule has 3 aromatic rings. The molecule has 0 spiro atoms. The summed E-state index contributed by atoms with van der Waals surface area (Å²) in [6.07, 6.45) is 5.37. The van der Waals surface area contributed by atoms with E-state index in [1.165, 1.54) is 24.8 Å². The number of anilines is 2. The summed E-state index contributed by atoms with van der Waals surface area (Å²) in [6.45, 7) is 10.3. The second-order valence-electron chi connectivity index (χ2n) is 10.5. The Hall–Kier alpha value is -2.92. The van der Waals surface area contributed by atoms with Gasteiger partial charge in [0.15, 0.2) is 0 Å². The van der Waals surface area contributed by atoms with E-state index in [0.29, 0.717) is 31.0 Å². The molecule has 1 aromatic heterocycles. The molecule has 0 bridgehead atoms. The van der Waals surface area contributed by atoms with E-state index >= 15 is 0 Å². The molecule has 5 heteroatoms. The van der Waals surface area contributed by atoms with Gasteiger partial charge in [-0.05, 0) is 54.9 Å². The fourth-order valence-electron chi connectivity index (χ4n) is 5.88. The van der Waals surface area contributed by atoms with Crippen LogP contribution in [0.2, 0.25) is 0 Å².